The maximum atomic E-state index is 6.27. The number of nitrogens with zero attached hydrogens (tertiary/aromatic N) is 5. The second-order valence-corrected chi connectivity index (χ2v) is 8.99. The zero-order chi connectivity index (χ0) is 20.1. The molecule has 0 amide bonds. The van der Waals surface area contributed by atoms with Gasteiger partial charge in [-0.05, 0) is 75.0 Å². The molecule has 8 heteroatoms. The van der Waals surface area contributed by atoms with Gasteiger partial charge in [-0.1, -0.05) is 11.6 Å². The van der Waals surface area contributed by atoms with Crippen LogP contribution in [0.5, 0.6) is 0 Å². The van der Waals surface area contributed by atoms with E-state index in [2.05, 4.69) is 43.8 Å². The minimum Gasteiger partial charge on any atom is -0.429 e. The number of hydrogen-bond acceptors (Lipinski definition) is 5. The van der Waals surface area contributed by atoms with E-state index in [1.165, 1.54) is 5.56 Å². The van der Waals surface area contributed by atoms with Crippen molar-refractivity contribution in [3.63, 3.8) is 0 Å². The SMILES string of the molecule is Cc1nc([C@H]2CC[C@H](c3nnc4n3-c3ccc(Cl)cc3CN(C)C4)CC2)oc1Cl. The zero-order valence-electron chi connectivity index (χ0n) is 16.5. The lowest BCUT2D eigenvalue weighted by Gasteiger charge is -2.26. The van der Waals surface area contributed by atoms with Crippen LogP contribution < -0.4 is 0 Å². The van der Waals surface area contributed by atoms with Gasteiger partial charge < -0.3 is 4.42 Å². The number of rotatable bonds is 2. The Morgan fingerprint density at radius 1 is 1.03 bits per heavy atom. The van der Waals surface area contributed by atoms with Crippen molar-refractivity contribution in [3.8, 4) is 5.69 Å². The third-order valence-electron chi connectivity index (χ3n) is 6.09. The van der Waals surface area contributed by atoms with Crippen molar-refractivity contribution in [2.45, 2.75) is 57.5 Å². The summed E-state index contributed by atoms with van der Waals surface area (Å²) in [6.45, 7) is 3.49. The molecule has 1 saturated carbocycles. The van der Waals surface area contributed by atoms with Crippen molar-refractivity contribution in [3.05, 3.63) is 57.2 Å². The first-order chi connectivity index (χ1) is 14.0. The summed E-state index contributed by atoms with van der Waals surface area (Å²) in [5, 5.41) is 10.3. The van der Waals surface area contributed by atoms with Gasteiger partial charge in [-0.3, -0.25) is 9.47 Å². The first-order valence-corrected chi connectivity index (χ1v) is 10.8. The second-order valence-electron chi connectivity index (χ2n) is 8.21. The van der Waals surface area contributed by atoms with Gasteiger partial charge in [-0.2, -0.15) is 0 Å². The van der Waals surface area contributed by atoms with Crippen molar-refractivity contribution in [1.29, 1.82) is 0 Å². The van der Waals surface area contributed by atoms with E-state index in [4.69, 9.17) is 27.6 Å². The van der Waals surface area contributed by atoms with Crippen molar-refractivity contribution >= 4 is 23.2 Å². The van der Waals surface area contributed by atoms with E-state index in [1.54, 1.807) is 0 Å². The molecule has 3 aromatic rings. The molecule has 1 aliphatic carbocycles. The molecular formula is C21H23Cl2N5O. The van der Waals surface area contributed by atoms with Crippen molar-refractivity contribution in [2.75, 3.05) is 7.05 Å². The average molecular weight is 432 g/mol. The Hall–Kier alpha value is -1.89. The maximum absolute atomic E-state index is 6.27. The lowest BCUT2D eigenvalue weighted by molar-refractivity contribution is 0.314. The number of fused-ring (bicyclic) bond motifs is 3. The van der Waals surface area contributed by atoms with Gasteiger partial charge in [-0.15, -0.1) is 10.2 Å². The molecule has 1 fully saturated rings. The zero-order valence-corrected chi connectivity index (χ0v) is 18.0. The van der Waals surface area contributed by atoms with Crippen LogP contribution in [-0.2, 0) is 13.1 Å². The Labute approximate surface area is 179 Å². The number of oxazole rings is 1. The molecule has 1 aliphatic heterocycles. The van der Waals surface area contributed by atoms with Crippen LogP contribution in [0.1, 0.15) is 66.3 Å². The molecule has 3 heterocycles. The third kappa shape index (κ3) is 3.47. The Balaban J connectivity index is 1.44. The van der Waals surface area contributed by atoms with Crippen LogP contribution in [0.15, 0.2) is 22.6 Å². The predicted molar refractivity (Wildman–Crippen MR) is 112 cm³/mol. The minimum atomic E-state index is 0.321. The fraction of sp³-hybridized carbons (Fsp3) is 0.476. The monoisotopic (exact) mass is 431 g/mol. The average Bonchev–Trinajstić information content (AvgIpc) is 3.21. The molecule has 0 spiro atoms. The first-order valence-electron chi connectivity index (χ1n) is 10.0. The molecule has 0 atom stereocenters. The molecular weight excluding hydrogens is 409 g/mol. The topological polar surface area (TPSA) is 60.0 Å². The molecule has 0 bridgehead atoms. The highest BCUT2D eigenvalue weighted by Gasteiger charge is 2.32. The fourth-order valence-electron chi connectivity index (χ4n) is 4.62. The van der Waals surface area contributed by atoms with Crippen LogP contribution in [0.2, 0.25) is 10.2 Å². The van der Waals surface area contributed by atoms with Gasteiger partial charge in [0.15, 0.2) is 11.7 Å². The molecule has 1 aromatic carbocycles. The Morgan fingerprint density at radius 2 is 1.79 bits per heavy atom. The number of halogens is 2. The first kappa shape index (κ1) is 19.1. The van der Waals surface area contributed by atoms with Gasteiger partial charge >= 0.3 is 0 Å². The third-order valence-corrected chi connectivity index (χ3v) is 6.67. The molecule has 0 N–H and O–H groups in total. The molecule has 6 nitrogen and oxygen atoms in total. The molecule has 5 rings (SSSR count). The molecule has 0 radical (unpaired) electrons. The predicted octanol–water partition coefficient (Wildman–Crippen LogP) is 5.26. The number of hydrogen-bond donors (Lipinski definition) is 0. The molecule has 152 valence electrons. The Bertz CT molecular complexity index is 1030. The van der Waals surface area contributed by atoms with Crippen LogP contribution in [0.4, 0.5) is 0 Å². The number of aromatic nitrogens is 4. The molecule has 0 saturated heterocycles. The maximum Gasteiger partial charge on any atom is 0.216 e. The van der Waals surface area contributed by atoms with Crippen LogP contribution in [0.3, 0.4) is 0 Å². The standard InChI is InChI=1S/C21H23Cl2N5O/c1-12-19(23)29-21(24-12)14-5-3-13(4-6-14)20-26-25-18-11-27(2)10-15-9-16(22)7-8-17(15)28(18)20/h7-9,13-14H,3-6,10-11H2,1-2H3/t13-,14-. The molecule has 29 heavy (non-hydrogen) atoms. The lowest BCUT2D eigenvalue weighted by Crippen LogP contribution is -2.17. The smallest absolute Gasteiger partial charge is 0.216 e. The normalized spacial score (nSPS) is 22.2. The highest BCUT2D eigenvalue weighted by Crippen LogP contribution is 2.41. The Morgan fingerprint density at radius 3 is 2.52 bits per heavy atom. The van der Waals surface area contributed by atoms with Crippen LogP contribution in [0, 0.1) is 6.92 Å². The van der Waals surface area contributed by atoms with Gasteiger partial charge in [-0.25, -0.2) is 4.98 Å². The van der Waals surface area contributed by atoms with Gasteiger partial charge in [0.25, 0.3) is 0 Å². The van der Waals surface area contributed by atoms with Gasteiger partial charge in [0.2, 0.25) is 5.22 Å². The number of aryl methyl sites for hydroxylation is 1. The van der Waals surface area contributed by atoms with Gasteiger partial charge in [0, 0.05) is 23.4 Å². The van der Waals surface area contributed by atoms with Gasteiger partial charge in [0.1, 0.15) is 5.82 Å². The van der Waals surface area contributed by atoms with E-state index in [1.807, 2.05) is 13.0 Å². The van der Waals surface area contributed by atoms with Crippen LogP contribution >= 0.6 is 23.2 Å². The summed E-state index contributed by atoms with van der Waals surface area (Å²) in [6.07, 6.45) is 4.08. The summed E-state index contributed by atoms with van der Waals surface area (Å²) in [5.74, 6) is 3.50. The summed E-state index contributed by atoms with van der Waals surface area (Å²) in [4.78, 5) is 6.75. The van der Waals surface area contributed by atoms with Crippen molar-refractivity contribution in [2.24, 2.45) is 0 Å². The molecule has 0 unspecified atom stereocenters. The van der Waals surface area contributed by atoms with E-state index in [0.29, 0.717) is 17.1 Å². The molecule has 2 aromatic heterocycles. The minimum absolute atomic E-state index is 0.321. The van der Waals surface area contributed by atoms with Crippen molar-refractivity contribution < 1.29 is 4.42 Å². The Kier molecular flexibility index (Phi) is 4.88. The van der Waals surface area contributed by atoms with Crippen LogP contribution in [-0.4, -0.2) is 31.7 Å². The highest BCUT2D eigenvalue weighted by atomic mass is 35.5. The largest absolute Gasteiger partial charge is 0.429 e. The van der Waals surface area contributed by atoms with Crippen LogP contribution in [0.25, 0.3) is 5.69 Å². The van der Waals surface area contributed by atoms with E-state index in [-0.39, 0.29) is 0 Å². The van der Waals surface area contributed by atoms with Gasteiger partial charge in [0.05, 0.1) is 17.9 Å². The number of benzene rings is 1. The molecule has 2 aliphatic rings. The summed E-state index contributed by atoms with van der Waals surface area (Å²) >= 11 is 12.3. The fourth-order valence-corrected chi connectivity index (χ4v) is 4.93. The van der Waals surface area contributed by atoms with E-state index in [0.717, 1.165) is 72.7 Å². The van der Waals surface area contributed by atoms with E-state index < -0.39 is 0 Å². The summed E-state index contributed by atoms with van der Waals surface area (Å²) < 4.78 is 7.92. The summed E-state index contributed by atoms with van der Waals surface area (Å²) in [5.41, 5.74) is 3.12. The highest BCUT2D eigenvalue weighted by molar-refractivity contribution is 6.30. The summed E-state index contributed by atoms with van der Waals surface area (Å²) in [7, 11) is 2.10. The quantitative estimate of drug-likeness (QED) is 0.553. The van der Waals surface area contributed by atoms with E-state index in [9.17, 15) is 0 Å². The van der Waals surface area contributed by atoms with Crippen molar-refractivity contribution in [1.82, 2.24) is 24.6 Å². The second kappa shape index (κ2) is 7.42. The summed E-state index contributed by atoms with van der Waals surface area (Å²) in [6, 6.07) is 6.10. The lowest BCUT2D eigenvalue weighted by atomic mass is 9.81. The van der Waals surface area contributed by atoms with E-state index >= 15 is 0 Å².